The first-order chi connectivity index (χ1) is 8.72. The van der Waals surface area contributed by atoms with Gasteiger partial charge in [0.25, 0.3) is 0 Å². The van der Waals surface area contributed by atoms with Crippen molar-refractivity contribution in [3.8, 4) is 5.75 Å². The number of nitrogens with zero attached hydrogens (tertiary/aromatic N) is 1. The van der Waals surface area contributed by atoms with Gasteiger partial charge in [-0.25, -0.2) is 5.43 Å². The molecule has 0 aliphatic rings. The first kappa shape index (κ1) is 14.2. The Kier molecular flexibility index (Phi) is 6.54. The Balaban J connectivity index is 2.23. The van der Waals surface area contributed by atoms with Gasteiger partial charge in [-0.1, -0.05) is 26.2 Å². The number of phenols is 1. The monoisotopic (exact) mass is 248 g/mol. The summed E-state index contributed by atoms with van der Waals surface area (Å²) in [4.78, 5) is 11.4. The average molecular weight is 248 g/mol. The van der Waals surface area contributed by atoms with E-state index in [1.165, 1.54) is 12.8 Å². The van der Waals surface area contributed by atoms with E-state index in [4.69, 9.17) is 5.11 Å². The largest absolute Gasteiger partial charge is 0.508 e. The molecule has 0 aliphatic carbocycles. The van der Waals surface area contributed by atoms with E-state index in [-0.39, 0.29) is 11.7 Å². The fraction of sp³-hybridized carbons (Fsp3) is 0.429. The SMILES string of the molecule is CCCCCCC(=O)NN=Cc1ccc(O)cc1. The Bertz CT molecular complexity index is 385. The Hall–Kier alpha value is -1.84. The zero-order chi connectivity index (χ0) is 13.2. The molecule has 0 aromatic heterocycles. The van der Waals surface area contributed by atoms with Crippen molar-refractivity contribution in [2.75, 3.05) is 0 Å². The minimum atomic E-state index is -0.0545. The van der Waals surface area contributed by atoms with Crippen LogP contribution >= 0.6 is 0 Å². The molecule has 98 valence electrons. The zero-order valence-electron chi connectivity index (χ0n) is 10.7. The molecule has 0 saturated carbocycles. The lowest BCUT2D eigenvalue weighted by Gasteiger charge is -1.99. The molecule has 1 aromatic carbocycles. The number of hydrogen-bond acceptors (Lipinski definition) is 3. The molecule has 0 spiro atoms. The Labute approximate surface area is 108 Å². The lowest BCUT2D eigenvalue weighted by molar-refractivity contribution is -0.121. The van der Waals surface area contributed by atoms with Crippen molar-refractivity contribution in [3.63, 3.8) is 0 Å². The molecule has 4 nitrogen and oxygen atoms in total. The van der Waals surface area contributed by atoms with Crippen LogP contribution in [-0.4, -0.2) is 17.2 Å². The van der Waals surface area contributed by atoms with E-state index in [9.17, 15) is 4.79 Å². The van der Waals surface area contributed by atoms with E-state index >= 15 is 0 Å². The Morgan fingerprint density at radius 2 is 2.00 bits per heavy atom. The van der Waals surface area contributed by atoms with Gasteiger partial charge in [0.15, 0.2) is 0 Å². The van der Waals surface area contributed by atoms with Crippen LogP contribution in [0.3, 0.4) is 0 Å². The molecule has 0 aliphatic heterocycles. The topological polar surface area (TPSA) is 61.7 Å². The second kappa shape index (κ2) is 8.28. The van der Waals surface area contributed by atoms with Gasteiger partial charge >= 0.3 is 0 Å². The van der Waals surface area contributed by atoms with Gasteiger partial charge in [-0.3, -0.25) is 4.79 Å². The Morgan fingerprint density at radius 1 is 1.28 bits per heavy atom. The highest BCUT2D eigenvalue weighted by molar-refractivity contribution is 5.82. The van der Waals surface area contributed by atoms with Gasteiger partial charge in [-0.15, -0.1) is 0 Å². The molecule has 1 amide bonds. The fourth-order valence-electron chi connectivity index (χ4n) is 1.51. The summed E-state index contributed by atoms with van der Waals surface area (Å²) in [5.41, 5.74) is 3.32. The zero-order valence-corrected chi connectivity index (χ0v) is 10.7. The number of carbonyl (C=O) groups is 1. The molecule has 2 N–H and O–H groups in total. The molecule has 0 atom stereocenters. The minimum absolute atomic E-state index is 0.0545. The highest BCUT2D eigenvalue weighted by Crippen LogP contribution is 2.07. The number of benzene rings is 1. The van der Waals surface area contributed by atoms with Crippen LogP contribution in [0.1, 0.15) is 44.6 Å². The molecule has 0 radical (unpaired) electrons. The number of phenolic OH excluding ortho intramolecular Hbond substituents is 1. The summed E-state index contributed by atoms with van der Waals surface area (Å²) in [5.74, 6) is 0.160. The summed E-state index contributed by atoms with van der Waals surface area (Å²) < 4.78 is 0. The van der Waals surface area contributed by atoms with Crippen molar-refractivity contribution in [2.24, 2.45) is 5.10 Å². The maximum Gasteiger partial charge on any atom is 0.240 e. The number of nitrogens with one attached hydrogen (secondary N) is 1. The number of unbranched alkanes of at least 4 members (excludes halogenated alkanes) is 3. The van der Waals surface area contributed by atoms with E-state index in [0.717, 1.165) is 18.4 Å². The highest BCUT2D eigenvalue weighted by Gasteiger charge is 1.98. The van der Waals surface area contributed by atoms with Crippen LogP contribution in [0.15, 0.2) is 29.4 Å². The third-order valence-corrected chi connectivity index (χ3v) is 2.55. The van der Waals surface area contributed by atoms with E-state index in [1.54, 1.807) is 30.5 Å². The maximum atomic E-state index is 11.4. The standard InChI is InChI=1S/C14H20N2O2/c1-2-3-4-5-6-14(18)16-15-11-12-7-9-13(17)10-8-12/h7-11,17H,2-6H2,1H3,(H,16,18). The van der Waals surface area contributed by atoms with Gasteiger partial charge in [0.2, 0.25) is 5.91 Å². The molecule has 0 fully saturated rings. The van der Waals surface area contributed by atoms with Crippen molar-refractivity contribution < 1.29 is 9.90 Å². The molecule has 1 aromatic rings. The minimum Gasteiger partial charge on any atom is -0.508 e. The summed E-state index contributed by atoms with van der Waals surface area (Å²) >= 11 is 0. The lowest BCUT2D eigenvalue weighted by Crippen LogP contribution is -2.16. The van der Waals surface area contributed by atoms with Crippen LogP contribution in [0.25, 0.3) is 0 Å². The fourth-order valence-corrected chi connectivity index (χ4v) is 1.51. The van der Waals surface area contributed by atoms with Crippen molar-refractivity contribution in [1.82, 2.24) is 5.43 Å². The van der Waals surface area contributed by atoms with Gasteiger partial charge < -0.3 is 5.11 Å². The smallest absolute Gasteiger partial charge is 0.240 e. The van der Waals surface area contributed by atoms with Crippen LogP contribution in [0, 0.1) is 0 Å². The van der Waals surface area contributed by atoms with Crippen LogP contribution in [0.2, 0.25) is 0 Å². The van der Waals surface area contributed by atoms with E-state index in [1.807, 2.05) is 0 Å². The van der Waals surface area contributed by atoms with Crippen molar-refractivity contribution in [1.29, 1.82) is 0 Å². The molecule has 18 heavy (non-hydrogen) atoms. The summed E-state index contributed by atoms with van der Waals surface area (Å²) in [7, 11) is 0. The van der Waals surface area contributed by atoms with Crippen LogP contribution in [0.4, 0.5) is 0 Å². The third kappa shape index (κ3) is 6.03. The molecular weight excluding hydrogens is 228 g/mol. The van der Waals surface area contributed by atoms with Gasteiger partial charge in [0.05, 0.1) is 6.21 Å². The molecule has 0 saturated heterocycles. The average Bonchev–Trinajstić information content (AvgIpc) is 2.37. The summed E-state index contributed by atoms with van der Waals surface area (Å²) in [6, 6.07) is 6.61. The molecule has 1 rings (SSSR count). The van der Waals surface area contributed by atoms with E-state index in [0.29, 0.717) is 6.42 Å². The summed E-state index contributed by atoms with van der Waals surface area (Å²) in [6.45, 7) is 2.14. The Morgan fingerprint density at radius 3 is 2.67 bits per heavy atom. The molecule has 4 heteroatoms. The normalized spacial score (nSPS) is 10.7. The van der Waals surface area contributed by atoms with E-state index in [2.05, 4.69) is 17.5 Å². The maximum absolute atomic E-state index is 11.4. The van der Waals surface area contributed by atoms with Gasteiger partial charge in [0, 0.05) is 6.42 Å². The molecular formula is C14H20N2O2. The number of hydrazone groups is 1. The second-order valence-corrected chi connectivity index (χ2v) is 4.20. The number of amides is 1. The van der Waals surface area contributed by atoms with Crippen LogP contribution in [-0.2, 0) is 4.79 Å². The predicted octanol–water partition coefficient (Wildman–Crippen LogP) is 2.81. The third-order valence-electron chi connectivity index (χ3n) is 2.55. The van der Waals surface area contributed by atoms with Gasteiger partial charge in [-0.2, -0.15) is 5.10 Å². The van der Waals surface area contributed by atoms with Crippen LogP contribution < -0.4 is 5.43 Å². The van der Waals surface area contributed by atoms with Gasteiger partial charge in [-0.05, 0) is 36.2 Å². The quantitative estimate of drug-likeness (QED) is 0.443. The molecule has 0 unspecified atom stereocenters. The molecule has 0 bridgehead atoms. The second-order valence-electron chi connectivity index (χ2n) is 4.20. The predicted molar refractivity (Wildman–Crippen MR) is 72.6 cm³/mol. The number of aromatic hydroxyl groups is 1. The van der Waals surface area contributed by atoms with Crippen molar-refractivity contribution in [2.45, 2.75) is 39.0 Å². The molecule has 0 heterocycles. The van der Waals surface area contributed by atoms with E-state index < -0.39 is 0 Å². The number of hydrogen-bond donors (Lipinski definition) is 2. The number of rotatable bonds is 7. The summed E-state index contributed by atoms with van der Waals surface area (Å²) in [6.07, 6.45) is 6.42. The van der Waals surface area contributed by atoms with Gasteiger partial charge in [0.1, 0.15) is 5.75 Å². The number of carbonyl (C=O) groups excluding carboxylic acids is 1. The van der Waals surface area contributed by atoms with Crippen LogP contribution in [0.5, 0.6) is 5.75 Å². The highest BCUT2D eigenvalue weighted by atomic mass is 16.3. The lowest BCUT2D eigenvalue weighted by atomic mass is 10.1. The first-order valence-electron chi connectivity index (χ1n) is 6.33. The summed E-state index contributed by atoms with van der Waals surface area (Å²) in [5, 5.41) is 13.0. The first-order valence-corrected chi connectivity index (χ1v) is 6.33. The van der Waals surface area contributed by atoms with Crippen molar-refractivity contribution >= 4 is 12.1 Å². The van der Waals surface area contributed by atoms with Crippen molar-refractivity contribution in [3.05, 3.63) is 29.8 Å².